The third-order valence-corrected chi connectivity index (χ3v) is 2.94. The Morgan fingerprint density at radius 1 is 1.15 bits per heavy atom. The molecule has 0 unspecified atom stereocenters. The van der Waals surface area contributed by atoms with Crippen molar-refractivity contribution in [1.29, 1.82) is 0 Å². The van der Waals surface area contributed by atoms with Crippen molar-refractivity contribution in [3.63, 3.8) is 0 Å². The van der Waals surface area contributed by atoms with Gasteiger partial charge in [0.15, 0.2) is 11.5 Å². The zero-order valence-electron chi connectivity index (χ0n) is 12.0. The zero-order valence-corrected chi connectivity index (χ0v) is 12.0. The number of hydrogen-bond donors (Lipinski definition) is 1. The first kappa shape index (κ1) is 14.5. The molecular formula is C16H21NO3. The molecule has 0 aliphatic rings. The molecule has 20 heavy (non-hydrogen) atoms. The van der Waals surface area contributed by atoms with Gasteiger partial charge in [-0.3, -0.25) is 0 Å². The normalized spacial score (nSPS) is 10.6. The predicted molar refractivity (Wildman–Crippen MR) is 77.9 cm³/mol. The quantitative estimate of drug-likeness (QED) is 0.841. The van der Waals surface area contributed by atoms with E-state index in [1.807, 2.05) is 37.3 Å². The van der Waals surface area contributed by atoms with E-state index in [2.05, 4.69) is 6.92 Å². The predicted octanol–water partition coefficient (Wildman–Crippen LogP) is 3.41. The van der Waals surface area contributed by atoms with E-state index in [0.29, 0.717) is 19.8 Å². The van der Waals surface area contributed by atoms with Crippen LogP contribution in [0.5, 0.6) is 11.5 Å². The van der Waals surface area contributed by atoms with Crippen LogP contribution in [0.3, 0.4) is 0 Å². The van der Waals surface area contributed by atoms with E-state index in [1.165, 1.54) is 0 Å². The minimum atomic E-state index is 0.368. The van der Waals surface area contributed by atoms with Crippen LogP contribution in [0.15, 0.2) is 34.7 Å². The fourth-order valence-electron chi connectivity index (χ4n) is 1.91. The van der Waals surface area contributed by atoms with Crippen LogP contribution in [0.25, 0.3) is 0 Å². The Hall–Kier alpha value is -1.94. The molecule has 2 aromatic rings. The highest BCUT2D eigenvalue weighted by Crippen LogP contribution is 2.27. The van der Waals surface area contributed by atoms with Crippen LogP contribution >= 0.6 is 0 Å². The Morgan fingerprint density at radius 3 is 2.45 bits per heavy atom. The molecule has 0 saturated carbocycles. The molecule has 108 valence electrons. The van der Waals surface area contributed by atoms with E-state index in [0.717, 1.165) is 35.0 Å². The Morgan fingerprint density at radius 2 is 1.85 bits per heavy atom. The van der Waals surface area contributed by atoms with Gasteiger partial charge in [0.2, 0.25) is 0 Å². The maximum absolute atomic E-state index is 5.77. The summed E-state index contributed by atoms with van der Waals surface area (Å²) in [7, 11) is 0. The van der Waals surface area contributed by atoms with E-state index in [-0.39, 0.29) is 0 Å². The molecule has 0 spiro atoms. The maximum atomic E-state index is 5.77. The lowest BCUT2D eigenvalue weighted by Gasteiger charge is -2.11. The summed E-state index contributed by atoms with van der Waals surface area (Å²) in [5.74, 6) is 3.06. The summed E-state index contributed by atoms with van der Waals surface area (Å²) in [5, 5.41) is 0. The van der Waals surface area contributed by atoms with Crippen LogP contribution < -0.4 is 15.2 Å². The minimum absolute atomic E-state index is 0.368. The van der Waals surface area contributed by atoms with Crippen LogP contribution in [0.2, 0.25) is 0 Å². The lowest BCUT2D eigenvalue weighted by atomic mass is 10.2. The monoisotopic (exact) mass is 275 g/mol. The number of para-hydroxylation sites is 2. The lowest BCUT2D eigenvalue weighted by Crippen LogP contribution is -2.00. The summed E-state index contributed by atoms with van der Waals surface area (Å²) < 4.78 is 17.0. The van der Waals surface area contributed by atoms with Crippen molar-refractivity contribution < 1.29 is 13.9 Å². The number of ether oxygens (including phenoxy) is 2. The molecule has 0 amide bonds. The van der Waals surface area contributed by atoms with Crippen molar-refractivity contribution in [2.75, 3.05) is 6.61 Å². The van der Waals surface area contributed by atoms with E-state index in [4.69, 9.17) is 19.6 Å². The smallest absolute Gasteiger partial charge is 0.161 e. The van der Waals surface area contributed by atoms with Gasteiger partial charge in [-0.2, -0.15) is 0 Å². The fourth-order valence-corrected chi connectivity index (χ4v) is 1.91. The van der Waals surface area contributed by atoms with Crippen LogP contribution in [0.4, 0.5) is 0 Å². The molecule has 0 atom stereocenters. The summed E-state index contributed by atoms with van der Waals surface area (Å²) in [6.07, 6.45) is 0.964. The molecule has 1 aromatic carbocycles. The molecule has 0 bridgehead atoms. The molecular weight excluding hydrogens is 254 g/mol. The van der Waals surface area contributed by atoms with E-state index in [9.17, 15) is 0 Å². The van der Waals surface area contributed by atoms with Crippen LogP contribution in [-0.4, -0.2) is 6.61 Å². The third kappa shape index (κ3) is 3.54. The van der Waals surface area contributed by atoms with Crippen molar-refractivity contribution in [3.05, 3.63) is 47.4 Å². The number of furan rings is 1. The summed E-state index contributed by atoms with van der Waals surface area (Å²) in [6, 6.07) is 9.61. The topological polar surface area (TPSA) is 57.6 Å². The second-order valence-electron chi connectivity index (χ2n) is 4.61. The van der Waals surface area contributed by atoms with Gasteiger partial charge in [0.05, 0.1) is 13.2 Å². The standard InChI is InChI=1S/C16H21NO3/c1-3-8-18-14-6-4-5-7-15(14)19-11-13-9-12(2)16(10-17)20-13/h4-7,9H,3,8,10-11,17H2,1-2H3. The molecule has 2 N–H and O–H groups in total. The molecule has 0 fully saturated rings. The molecule has 2 rings (SSSR count). The first-order valence-corrected chi connectivity index (χ1v) is 6.87. The fraction of sp³-hybridized carbons (Fsp3) is 0.375. The highest BCUT2D eigenvalue weighted by Gasteiger charge is 2.09. The average Bonchev–Trinajstić information content (AvgIpc) is 2.84. The van der Waals surface area contributed by atoms with Gasteiger partial charge in [-0.05, 0) is 37.1 Å². The molecule has 1 heterocycles. The van der Waals surface area contributed by atoms with Crippen LogP contribution in [-0.2, 0) is 13.2 Å². The van der Waals surface area contributed by atoms with Crippen molar-refractivity contribution in [3.8, 4) is 11.5 Å². The summed E-state index contributed by atoms with van der Waals surface area (Å²) >= 11 is 0. The second kappa shape index (κ2) is 7.01. The molecule has 0 radical (unpaired) electrons. The second-order valence-corrected chi connectivity index (χ2v) is 4.61. The number of aryl methyl sites for hydroxylation is 1. The first-order valence-electron chi connectivity index (χ1n) is 6.87. The molecule has 0 aliphatic heterocycles. The molecule has 1 aromatic heterocycles. The summed E-state index contributed by atoms with van der Waals surface area (Å²) in [4.78, 5) is 0. The summed E-state index contributed by atoms with van der Waals surface area (Å²) in [6.45, 7) is 5.50. The number of rotatable bonds is 7. The van der Waals surface area contributed by atoms with Gasteiger partial charge in [0.25, 0.3) is 0 Å². The van der Waals surface area contributed by atoms with Gasteiger partial charge in [0.1, 0.15) is 18.1 Å². The van der Waals surface area contributed by atoms with Crippen LogP contribution in [0, 0.1) is 6.92 Å². The van der Waals surface area contributed by atoms with Crippen molar-refractivity contribution in [2.45, 2.75) is 33.4 Å². The zero-order chi connectivity index (χ0) is 14.4. The number of nitrogens with two attached hydrogens (primary N) is 1. The van der Waals surface area contributed by atoms with Gasteiger partial charge in [-0.25, -0.2) is 0 Å². The number of benzene rings is 1. The molecule has 4 nitrogen and oxygen atoms in total. The highest BCUT2D eigenvalue weighted by atomic mass is 16.5. The molecule has 0 aliphatic carbocycles. The highest BCUT2D eigenvalue weighted by molar-refractivity contribution is 5.39. The Balaban J connectivity index is 2.02. The Kier molecular flexibility index (Phi) is 5.07. The van der Waals surface area contributed by atoms with Gasteiger partial charge in [-0.15, -0.1) is 0 Å². The summed E-state index contributed by atoms with van der Waals surface area (Å²) in [5.41, 5.74) is 6.65. The van der Waals surface area contributed by atoms with Crippen molar-refractivity contribution in [1.82, 2.24) is 0 Å². The van der Waals surface area contributed by atoms with E-state index in [1.54, 1.807) is 0 Å². The Labute approximate surface area is 119 Å². The SMILES string of the molecule is CCCOc1ccccc1OCc1cc(C)c(CN)o1. The van der Waals surface area contributed by atoms with E-state index >= 15 is 0 Å². The Bertz CT molecular complexity index is 548. The van der Waals surface area contributed by atoms with Gasteiger partial charge < -0.3 is 19.6 Å². The molecule has 4 heteroatoms. The molecule has 0 saturated heterocycles. The van der Waals surface area contributed by atoms with E-state index < -0.39 is 0 Å². The van der Waals surface area contributed by atoms with Crippen molar-refractivity contribution >= 4 is 0 Å². The van der Waals surface area contributed by atoms with Gasteiger partial charge in [0, 0.05) is 0 Å². The third-order valence-electron chi connectivity index (χ3n) is 2.94. The van der Waals surface area contributed by atoms with Gasteiger partial charge >= 0.3 is 0 Å². The lowest BCUT2D eigenvalue weighted by molar-refractivity contribution is 0.241. The van der Waals surface area contributed by atoms with Crippen LogP contribution in [0.1, 0.15) is 30.4 Å². The van der Waals surface area contributed by atoms with Crippen molar-refractivity contribution in [2.24, 2.45) is 5.73 Å². The van der Waals surface area contributed by atoms with Gasteiger partial charge in [-0.1, -0.05) is 19.1 Å². The minimum Gasteiger partial charge on any atom is -0.490 e. The first-order chi connectivity index (χ1) is 9.74. The number of hydrogen-bond acceptors (Lipinski definition) is 4. The largest absolute Gasteiger partial charge is 0.490 e. The maximum Gasteiger partial charge on any atom is 0.161 e. The average molecular weight is 275 g/mol.